The largest absolute Gasteiger partial charge is 0.434 e. The van der Waals surface area contributed by atoms with Crippen LogP contribution >= 0.6 is 0 Å². The molecule has 1 N–H and O–H groups in total. The molecule has 0 saturated heterocycles. The first-order valence-corrected chi connectivity index (χ1v) is 6.22. The van der Waals surface area contributed by atoms with Gasteiger partial charge in [0.2, 0.25) is 0 Å². The lowest BCUT2D eigenvalue weighted by atomic mass is 10.2. The summed E-state index contributed by atoms with van der Waals surface area (Å²) in [6.45, 7) is -2.98. The Morgan fingerprint density at radius 3 is 2.48 bits per heavy atom. The van der Waals surface area contributed by atoms with Crippen molar-refractivity contribution in [3.05, 3.63) is 53.7 Å². The number of para-hydroxylation sites is 1. The molecule has 4 nitrogen and oxygen atoms in total. The summed E-state index contributed by atoms with van der Waals surface area (Å²) >= 11 is 0. The van der Waals surface area contributed by atoms with E-state index in [0.29, 0.717) is 6.20 Å². The maximum Gasteiger partial charge on any atom is 0.417 e. The highest BCUT2D eigenvalue weighted by molar-refractivity contribution is 5.83. The van der Waals surface area contributed by atoms with E-state index in [0.717, 1.165) is 12.1 Å². The van der Waals surface area contributed by atoms with E-state index >= 15 is 0 Å². The van der Waals surface area contributed by atoms with Crippen LogP contribution in [0.5, 0.6) is 5.75 Å². The lowest BCUT2D eigenvalue weighted by Crippen LogP contribution is -2.06. The van der Waals surface area contributed by atoms with Crippen LogP contribution in [-0.4, -0.2) is 17.8 Å². The fourth-order valence-electron chi connectivity index (χ4n) is 1.59. The zero-order valence-electron chi connectivity index (χ0n) is 11.4. The van der Waals surface area contributed by atoms with Crippen molar-refractivity contribution < 1.29 is 26.7 Å². The molecular formula is C14H10F5N3O. The van der Waals surface area contributed by atoms with E-state index < -0.39 is 18.4 Å². The molecule has 0 unspecified atom stereocenters. The summed E-state index contributed by atoms with van der Waals surface area (Å²) in [5.41, 5.74) is 1.78. The Kier molecular flexibility index (Phi) is 5.09. The first-order valence-electron chi connectivity index (χ1n) is 6.22. The van der Waals surface area contributed by atoms with Gasteiger partial charge in [0.15, 0.2) is 0 Å². The molecule has 2 rings (SSSR count). The first-order chi connectivity index (χ1) is 10.9. The van der Waals surface area contributed by atoms with Crippen LogP contribution in [0.1, 0.15) is 11.1 Å². The minimum atomic E-state index is -4.47. The summed E-state index contributed by atoms with van der Waals surface area (Å²) in [6, 6.07) is 7.88. The maximum atomic E-state index is 12.4. The van der Waals surface area contributed by atoms with Crippen LogP contribution < -0.4 is 10.2 Å². The number of hydrogen-bond donors (Lipinski definition) is 1. The molecular weight excluding hydrogens is 321 g/mol. The zero-order chi connectivity index (χ0) is 16.9. The third-order valence-electron chi connectivity index (χ3n) is 2.61. The number of nitrogens with zero attached hydrogens (tertiary/aromatic N) is 2. The minimum absolute atomic E-state index is 0.0708. The van der Waals surface area contributed by atoms with E-state index in [2.05, 4.69) is 20.2 Å². The Labute approximate surface area is 127 Å². The van der Waals surface area contributed by atoms with Gasteiger partial charge in [0.25, 0.3) is 0 Å². The summed E-state index contributed by atoms with van der Waals surface area (Å²) in [5, 5.41) is 3.73. The van der Waals surface area contributed by atoms with Gasteiger partial charge >= 0.3 is 12.8 Å². The van der Waals surface area contributed by atoms with Gasteiger partial charge in [-0.05, 0) is 24.3 Å². The molecule has 9 heteroatoms. The van der Waals surface area contributed by atoms with Gasteiger partial charge < -0.3 is 4.74 Å². The second-order valence-electron chi connectivity index (χ2n) is 4.22. The van der Waals surface area contributed by atoms with Gasteiger partial charge in [-0.15, -0.1) is 0 Å². The standard InChI is InChI=1S/C14H10F5N3O/c15-13(16)23-11-4-2-1-3-9(11)7-21-22-12-6-5-10(8-20-12)14(17,18)19/h1-8,13H,(H,20,22). The molecule has 0 radical (unpaired) electrons. The van der Waals surface area contributed by atoms with E-state index in [4.69, 9.17) is 0 Å². The average Bonchev–Trinajstić information content (AvgIpc) is 2.48. The lowest BCUT2D eigenvalue weighted by Gasteiger charge is -2.07. The third kappa shape index (κ3) is 4.90. The molecule has 122 valence electrons. The van der Waals surface area contributed by atoms with Crippen molar-refractivity contribution in [1.82, 2.24) is 4.98 Å². The summed E-state index contributed by atoms with van der Waals surface area (Å²) < 4.78 is 65.9. The fraction of sp³-hybridized carbons (Fsp3) is 0.143. The number of nitrogens with one attached hydrogen (secondary N) is 1. The van der Waals surface area contributed by atoms with Gasteiger partial charge in [-0.3, -0.25) is 5.43 Å². The molecule has 0 saturated carbocycles. The quantitative estimate of drug-likeness (QED) is 0.509. The van der Waals surface area contributed by atoms with Crippen molar-refractivity contribution >= 4 is 12.0 Å². The summed E-state index contributed by atoms with van der Waals surface area (Å²) in [6.07, 6.45) is -2.62. The predicted octanol–water partition coefficient (Wildman–Crippen LogP) is 4.15. The number of alkyl halides is 5. The Morgan fingerprint density at radius 2 is 1.87 bits per heavy atom. The predicted molar refractivity (Wildman–Crippen MR) is 73.5 cm³/mol. The number of benzene rings is 1. The molecule has 1 aromatic carbocycles. The van der Waals surface area contributed by atoms with Crippen LogP contribution in [0.4, 0.5) is 27.8 Å². The van der Waals surface area contributed by atoms with Crippen LogP contribution in [0.3, 0.4) is 0 Å². The molecule has 2 aromatic rings. The van der Waals surface area contributed by atoms with Crippen LogP contribution in [0.15, 0.2) is 47.7 Å². The Morgan fingerprint density at radius 1 is 1.13 bits per heavy atom. The number of aromatic nitrogens is 1. The normalized spacial score (nSPS) is 11.9. The molecule has 0 amide bonds. The lowest BCUT2D eigenvalue weighted by molar-refractivity contribution is -0.137. The molecule has 0 aliphatic rings. The smallest absolute Gasteiger partial charge is 0.417 e. The number of halogens is 5. The molecule has 0 aliphatic heterocycles. The van der Waals surface area contributed by atoms with Crippen molar-refractivity contribution in [2.75, 3.05) is 5.43 Å². The maximum absolute atomic E-state index is 12.4. The van der Waals surface area contributed by atoms with Gasteiger partial charge in [0.1, 0.15) is 11.6 Å². The van der Waals surface area contributed by atoms with Crippen LogP contribution in [0.2, 0.25) is 0 Å². The number of pyridine rings is 1. The molecule has 0 bridgehead atoms. The van der Waals surface area contributed by atoms with Crippen molar-refractivity contribution in [3.63, 3.8) is 0 Å². The number of hydrogen-bond acceptors (Lipinski definition) is 4. The van der Waals surface area contributed by atoms with Crippen LogP contribution in [0.25, 0.3) is 0 Å². The highest BCUT2D eigenvalue weighted by Gasteiger charge is 2.30. The number of anilines is 1. The zero-order valence-corrected chi connectivity index (χ0v) is 11.4. The van der Waals surface area contributed by atoms with Crippen LogP contribution in [-0.2, 0) is 6.18 Å². The van der Waals surface area contributed by atoms with E-state index in [1.807, 2.05) is 0 Å². The monoisotopic (exact) mass is 331 g/mol. The average molecular weight is 331 g/mol. The third-order valence-corrected chi connectivity index (χ3v) is 2.61. The molecule has 0 fully saturated rings. The second kappa shape index (κ2) is 7.03. The summed E-state index contributed by atoms with van der Waals surface area (Å²) in [5.74, 6) is -0.00469. The molecule has 23 heavy (non-hydrogen) atoms. The Balaban J connectivity index is 2.05. The van der Waals surface area contributed by atoms with E-state index in [1.54, 1.807) is 6.07 Å². The fourth-order valence-corrected chi connectivity index (χ4v) is 1.59. The van der Waals surface area contributed by atoms with Crippen molar-refractivity contribution in [2.24, 2.45) is 5.10 Å². The number of rotatable bonds is 5. The van der Waals surface area contributed by atoms with Crippen LogP contribution in [0, 0.1) is 0 Å². The van der Waals surface area contributed by atoms with Gasteiger partial charge in [0.05, 0.1) is 11.8 Å². The number of hydrazone groups is 1. The van der Waals surface area contributed by atoms with E-state index in [9.17, 15) is 22.0 Å². The van der Waals surface area contributed by atoms with Crippen molar-refractivity contribution in [1.29, 1.82) is 0 Å². The highest BCUT2D eigenvalue weighted by atomic mass is 19.4. The second-order valence-corrected chi connectivity index (χ2v) is 4.22. The van der Waals surface area contributed by atoms with E-state index in [1.165, 1.54) is 24.4 Å². The van der Waals surface area contributed by atoms with Gasteiger partial charge in [-0.1, -0.05) is 12.1 Å². The summed E-state index contributed by atoms with van der Waals surface area (Å²) in [7, 11) is 0. The summed E-state index contributed by atoms with van der Waals surface area (Å²) in [4.78, 5) is 3.55. The molecule has 1 aromatic heterocycles. The minimum Gasteiger partial charge on any atom is -0.434 e. The Bertz CT molecular complexity index is 671. The molecule has 0 atom stereocenters. The van der Waals surface area contributed by atoms with Crippen molar-refractivity contribution in [2.45, 2.75) is 12.8 Å². The molecule has 1 heterocycles. The van der Waals surface area contributed by atoms with Gasteiger partial charge in [0, 0.05) is 11.8 Å². The van der Waals surface area contributed by atoms with E-state index in [-0.39, 0.29) is 17.1 Å². The number of ether oxygens (including phenoxy) is 1. The highest BCUT2D eigenvalue weighted by Crippen LogP contribution is 2.28. The first kappa shape index (κ1) is 16.7. The van der Waals surface area contributed by atoms with Gasteiger partial charge in [-0.2, -0.15) is 27.1 Å². The molecule has 0 aliphatic carbocycles. The molecule has 0 spiro atoms. The topological polar surface area (TPSA) is 46.5 Å². The Hall–Kier alpha value is -2.71. The van der Waals surface area contributed by atoms with Gasteiger partial charge in [-0.25, -0.2) is 4.98 Å². The van der Waals surface area contributed by atoms with Crippen molar-refractivity contribution in [3.8, 4) is 5.75 Å². The SMILES string of the molecule is FC(F)Oc1ccccc1C=NNc1ccc(C(F)(F)F)cn1.